The number of thioether (sulfide) groups is 1. The van der Waals surface area contributed by atoms with Crippen molar-refractivity contribution in [2.75, 3.05) is 17.1 Å². The second-order valence-electron chi connectivity index (χ2n) is 5.72. The van der Waals surface area contributed by atoms with Gasteiger partial charge in [-0.25, -0.2) is 8.42 Å². The van der Waals surface area contributed by atoms with Crippen molar-refractivity contribution in [1.29, 1.82) is 0 Å². The molecule has 0 saturated heterocycles. The number of hydrogen-bond donors (Lipinski definition) is 2. The van der Waals surface area contributed by atoms with Gasteiger partial charge in [-0.05, 0) is 49.7 Å². The molecule has 0 bridgehead atoms. The van der Waals surface area contributed by atoms with Gasteiger partial charge in [0.15, 0.2) is 0 Å². The average Bonchev–Trinajstić information content (AvgIpc) is 2.55. The molecule has 0 fully saturated rings. The number of methoxy groups -OCH3 is 1. The SMILES string of the molecule is COc1ccc(C)cc1NS(=O)(=O)c1ccc2c(c1)NC(=O)[C@H](C)S2. The highest BCUT2D eigenvalue weighted by Gasteiger charge is 2.25. The van der Waals surface area contributed by atoms with Gasteiger partial charge in [0, 0.05) is 4.90 Å². The summed E-state index contributed by atoms with van der Waals surface area (Å²) in [5.41, 5.74) is 1.78. The van der Waals surface area contributed by atoms with E-state index in [1.807, 2.05) is 13.0 Å². The number of nitrogens with one attached hydrogen (secondary N) is 2. The molecule has 0 aliphatic carbocycles. The molecule has 0 aromatic heterocycles. The Hall–Kier alpha value is -2.19. The number of amides is 1. The standard InChI is InChI=1S/C17H18N2O4S2/c1-10-4-6-15(23-3)13(8-10)19-25(21,22)12-5-7-16-14(9-12)18-17(20)11(2)24-16/h4-9,11,19H,1-3H3,(H,18,20)/t11-/m0/s1. The maximum absolute atomic E-state index is 12.7. The minimum atomic E-state index is -3.82. The summed E-state index contributed by atoms with van der Waals surface area (Å²) in [6, 6.07) is 9.95. The summed E-state index contributed by atoms with van der Waals surface area (Å²) in [7, 11) is -2.34. The van der Waals surface area contributed by atoms with Crippen LogP contribution in [0.1, 0.15) is 12.5 Å². The zero-order chi connectivity index (χ0) is 18.2. The first-order chi connectivity index (χ1) is 11.8. The number of ether oxygens (including phenoxy) is 1. The zero-order valence-corrected chi connectivity index (χ0v) is 15.6. The molecule has 0 unspecified atom stereocenters. The van der Waals surface area contributed by atoms with E-state index in [9.17, 15) is 13.2 Å². The van der Waals surface area contributed by atoms with Crippen LogP contribution in [0.2, 0.25) is 0 Å². The number of carbonyl (C=O) groups is 1. The lowest BCUT2D eigenvalue weighted by Gasteiger charge is -2.22. The van der Waals surface area contributed by atoms with Gasteiger partial charge < -0.3 is 10.1 Å². The van der Waals surface area contributed by atoms with Crippen LogP contribution in [-0.2, 0) is 14.8 Å². The Bertz CT molecular complexity index is 942. The maximum Gasteiger partial charge on any atom is 0.262 e. The van der Waals surface area contributed by atoms with Gasteiger partial charge in [0.2, 0.25) is 5.91 Å². The van der Waals surface area contributed by atoms with E-state index in [1.165, 1.54) is 31.0 Å². The highest BCUT2D eigenvalue weighted by atomic mass is 32.2. The Morgan fingerprint density at radius 1 is 1.20 bits per heavy atom. The van der Waals surface area contributed by atoms with Crippen molar-refractivity contribution < 1.29 is 17.9 Å². The quantitative estimate of drug-likeness (QED) is 0.853. The van der Waals surface area contributed by atoms with E-state index < -0.39 is 10.0 Å². The third-order valence-corrected chi connectivity index (χ3v) is 6.33. The van der Waals surface area contributed by atoms with Crippen LogP contribution in [0.5, 0.6) is 5.75 Å². The zero-order valence-electron chi connectivity index (χ0n) is 14.0. The summed E-state index contributed by atoms with van der Waals surface area (Å²) in [5.74, 6) is 0.296. The fraction of sp³-hybridized carbons (Fsp3) is 0.235. The number of hydrogen-bond acceptors (Lipinski definition) is 5. The molecule has 0 spiro atoms. The highest BCUT2D eigenvalue weighted by molar-refractivity contribution is 8.01. The second kappa shape index (κ2) is 6.61. The molecule has 1 atom stereocenters. The molecule has 6 nitrogen and oxygen atoms in total. The van der Waals surface area contributed by atoms with Crippen LogP contribution in [0.3, 0.4) is 0 Å². The molecule has 2 aromatic rings. The second-order valence-corrected chi connectivity index (χ2v) is 8.78. The Kier molecular flexibility index (Phi) is 4.66. The topological polar surface area (TPSA) is 84.5 Å². The lowest BCUT2D eigenvalue weighted by atomic mass is 10.2. The summed E-state index contributed by atoms with van der Waals surface area (Å²) >= 11 is 1.40. The van der Waals surface area contributed by atoms with Crippen LogP contribution < -0.4 is 14.8 Å². The molecule has 0 saturated carbocycles. The van der Waals surface area contributed by atoms with E-state index in [1.54, 1.807) is 25.1 Å². The largest absolute Gasteiger partial charge is 0.495 e. The molecule has 1 amide bonds. The molecule has 3 rings (SSSR count). The van der Waals surface area contributed by atoms with Crippen molar-refractivity contribution in [2.45, 2.75) is 28.9 Å². The third-order valence-electron chi connectivity index (χ3n) is 3.79. The minimum Gasteiger partial charge on any atom is -0.495 e. The molecule has 0 radical (unpaired) electrons. The van der Waals surface area contributed by atoms with Gasteiger partial charge in [-0.1, -0.05) is 6.07 Å². The predicted octanol–water partition coefficient (Wildman–Crippen LogP) is 3.24. The first kappa shape index (κ1) is 17.6. The average molecular weight is 378 g/mol. The summed E-state index contributed by atoms with van der Waals surface area (Å²) < 4.78 is 33.2. The van der Waals surface area contributed by atoms with Crippen molar-refractivity contribution in [3.05, 3.63) is 42.0 Å². The van der Waals surface area contributed by atoms with Gasteiger partial charge >= 0.3 is 0 Å². The lowest BCUT2D eigenvalue weighted by Crippen LogP contribution is -2.26. The van der Waals surface area contributed by atoms with E-state index in [0.29, 0.717) is 17.1 Å². The molecule has 132 valence electrons. The van der Waals surface area contributed by atoms with Gasteiger partial charge in [0.25, 0.3) is 10.0 Å². The van der Waals surface area contributed by atoms with Gasteiger partial charge in [0.1, 0.15) is 5.75 Å². The van der Waals surface area contributed by atoms with E-state index >= 15 is 0 Å². The molecule has 1 aliphatic rings. The monoisotopic (exact) mass is 378 g/mol. The molecule has 1 aliphatic heterocycles. The Balaban J connectivity index is 1.95. The van der Waals surface area contributed by atoms with E-state index in [-0.39, 0.29) is 16.1 Å². The number of aryl methyl sites for hydroxylation is 1. The smallest absolute Gasteiger partial charge is 0.262 e. The van der Waals surface area contributed by atoms with E-state index in [4.69, 9.17) is 4.74 Å². The van der Waals surface area contributed by atoms with Crippen LogP contribution in [0.4, 0.5) is 11.4 Å². The summed E-state index contributed by atoms with van der Waals surface area (Å²) in [5, 5.41) is 2.54. The molecule has 2 N–H and O–H groups in total. The van der Waals surface area contributed by atoms with Crippen molar-refractivity contribution in [2.24, 2.45) is 0 Å². The van der Waals surface area contributed by atoms with Crippen molar-refractivity contribution in [3.8, 4) is 5.75 Å². The molecule has 8 heteroatoms. The Morgan fingerprint density at radius 2 is 1.96 bits per heavy atom. The van der Waals surface area contributed by atoms with Crippen LogP contribution in [0, 0.1) is 6.92 Å². The molecule has 25 heavy (non-hydrogen) atoms. The minimum absolute atomic E-state index is 0.0743. The Labute approximate surface area is 151 Å². The molecular weight excluding hydrogens is 360 g/mol. The normalized spacial score (nSPS) is 16.8. The number of sulfonamides is 1. The van der Waals surface area contributed by atoms with Crippen LogP contribution >= 0.6 is 11.8 Å². The Morgan fingerprint density at radius 3 is 2.68 bits per heavy atom. The summed E-state index contributed by atoms with van der Waals surface area (Å²) in [4.78, 5) is 12.7. The fourth-order valence-corrected chi connectivity index (χ4v) is 4.48. The van der Waals surface area contributed by atoms with Gasteiger partial charge in [0.05, 0.1) is 28.6 Å². The third kappa shape index (κ3) is 3.59. The number of carbonyl (C=O) groups excluding carboxylic acids is 1. The molecule has 1 heterocycles. The van der Waals surface area contributed by atoms with Gasteiger partial charge in [-0.2, -0.15) is 0 Å². The number of fused-ring (bicyclic) bond motifs is 1. The summed E-state index contributed by atoms with van der Waals surface area (Å²) in [6.45, 7) is 3.67. The predicted molar refractivity (Wildman–Crippen MR) is 98.9 cm³/mol. The van der Waals surface area contributed by atoms with Crippen molar-refractivity contribution >= 4 is 39.1 Å². The number of benzene rings is 2. The van der Waals surface area contributed by atoms with Crippen LogP contribution in [0.15, 0.2) is 46.2 Å². The van der Waals surface area contributed by atoms with Crippen LogP contribution in [0.25, 0.3) is 0 Å². The van der Waals surface area contributed by atoms with Gasteiger partial charge in [-0.15, -0.1) is 11.8 Å². The first-order valence-electron chi connectivity index (χ1n) is 7.59. The van der Waals surface area contributed by atoms with Crippen molar-refractivity contribution in [1.82, 2.24) is 0 Å². The maximum atomic E-state index is 12.7. The fourth-order valence-electron chi connectivity index (χ4n) is 2.46. The number of rotatable bonds is 4. The molecular formula is C17H18N2O4S2. The van der Waals surface area contributed by atoms with E-state index in [2.05, 4.69) is 10.0 Å². The first-order valence-corrected chi connectivity index (χ1v) is 9.95. The highest BCUT2D eigenvalue weighted by Crippen LogP contribution is 2.37. The molecule has 2 aromatic carbocycles. The lowest BCUT2D eigenvalue weighted by molar-refractivity contribution is -0.115. The van der Waals surface area contributed by atoms with Crippen LogP contribution in [-0.4, -0.2) is 26.7 Å². The summed E-state index contributed by atoms with van der Waals surface area (Å²) in [6.07, 6.45) is 0. The van der Waals surface area contributed by atoms with E-state index in [0.717, 1.165) is 10.5 Å². The van der Waals surface area contributed by atoms with Gasteiger partial charge in [-0.3, -0.25) is 9.52 Å². The van der Waals surface area contributed by atoms with Crippen molar-refractivity contribution in [3.63, 3.8) is 0 Å². The number of anilines is 2.